The van der Waals surface area contributed by atoms with Gasteiger partial charge in [0, 0.05) is 25.0 Å². The molecule has 6 nitrogen and oxygen atoms in total. The Labute approximate surface area is 174 Å². The van der Waals surface area contributed by atoms with Gasteiger partial charge in [-0.25, -0.2) is 4.79 Å². The van der Waals surface area contributed by atoms with E-state index in [9.17, 15) is 9.90 Å². The van der Waals surface area contributed by atoms with E-state index in [0.717, 1.165) is 16.7 Å². The summed E-state index contributed by atoms with van der Waals surface area (Å²) in [5.41, 5.74) is 3.48. The van der Waals surface area contributed by atoms with Crippen LogP contribution in [0.25, 0.3) is 11.1 Å². The van der Waals surface area contributed by atoms with Gasteiger partial charge in [0.15, 0.2) is 8.32 Å². The first-order valence-electron chi connectivity index (χ1n) is 9.75. The largest absolute Gasteiger partial charge is 0.446 e. The van der Waals surface area contributed by atoms with E-state index in [0.29, 0.717) is 12.2 Å². The van der Waals surface area contributed by atoms with Gasteiger partial charge in [0.25, 0.3) is 0 Å². The van der Waals surface area contributed by atoms with Crippen LogP contribution in [-0.4, -0.2) is 38.2 Å². The second kappa shape index (κ2) is 9.52. The Morgan fingerprint density at radius 2 is 1.97 bits per heavy atom. The maximum atomic E-state index is 11.4. The van der Waals surface area contributed by atoms with Crippen molar-refractivity contribution < 1.29 is 19.1 Å². The Balaban J connectivity index is 2.41. The lowest BCUT2D eigenvalue weighted by atomic mass is 9.94. The second-order valence-electron chi connectivity index (χ2n) is 8.53. The summed E-state index contributed by atoms with van der Waals surface area (Å²) < 4.78 is 11.5. The minimum absolute atomic E-state index is 0.0668. The molecule has 0 aliphatic rings. The summed E-state index contributed by atoms with van der Waals surface area (Å²) in [4.78, 5) is 15.6. The van der Waals surface area contributed by atoms with E-state index in [4.69, 9.17) is 9.16 Å². The fraction of sp³-hybridized carbons (Fsp3) is 0.455. The lowest BCUT2D eigenvalue weighted by Crippen LogP contribution is -2.40. The van der Waals surface area contributed by atoms with E-state index < -0.39 is 20.5 Å². The fourth-order valence-corrected chi connectivity index (χ4v) is 3.59. The van der Waals surface area contributed by atoms with Crippen LogP contribution >= 0.6 is 0 Å². The van der Waals surface area contributed by atoms with Crippen molar-refractivity contribution in [2.45, 2.75) is 51.6 Å². The molecule has 0 saturated carbocycles. The number of ether oxygens (including phenoxy) is 1. The van der Waals surface area contributed by atoms with Gasteiger partial charge in [-0.1, -0.05) is 45.0 Å². The first kappa shape index (κ1) is 23.1. The number of nitrogens with zero attached hydrogens (tertiary/aromatic N) is 1. The molecule has 7 heteroatoms. The minimum Gasteiger partial charge on any atom is -0.446 e. The monoisotopic (exact) mass is 416 g/mol. The molecular weight excluding hydrogens is 384 g/mol. The molecule has 1 heterocycles. The molecule has 2 aromatic rings. The van der Waals surface area contributed by atoms with E-state index in [1.165, 1.54) is 7.05 Å². The van der Waals surface area contributed by atoms with Gasteiger partial charge in [-0.2, -0.15) is 0 Å². The summed E-state index contributed by atoms with van der Waals surface area (Å²) in [5, 5.41) is 13.2. The van der Waals surface area contributed by atoms with Crippen LogP contribution in [0.3, 0.4) is 0 Å². The molecule has 0 bridgehead atoms. The summed E-state index contributed by atoms with van der Waals surface area (Å²) in [6, 6.07) is 9.59. The average molecular weight is 417 g/mol. The van der Waals surface area contributed by atoms with Crippen LogP contribution in [0.15, 0.2) is 42.7 Å². The zero-order valence-electron chi connectivity index (χ0n) is 18.2. The van der Waals surface area contributed by atoms with Crippen molar-refractivity contribution in [3.05, 3.63) is 53.9 Å². The first-order valence-corrected chi connectivity index (χ1v) is 12.7. The number of amides is 1. The van der Waals surface area contributed by atoms with Crippen LogP contribution in [0.4, 0.5) is 4.79 Å². The molecule has 0 fully saturated rings. The standard InChI is InChI=1S/C22H32N2O4Si/c1-22(2,3)29(5,6)28-14-19-17(16-9-8-12-24-13-16)10-7-11-18(19)20(25)15-27-21(26)23-4/h7-13,20,25H,14-15H2,1-6H3,(H,23,26). The average Bonchev–Trinajstić information content (AvgIpc) is 2.69. The number of alkyl carbamates (subject to hydrolysis) is 1. The van der Waals surface area contributed by atoms with Crippen molar-refractivity contribution in [3.8, 4) is 11.1 Å². The van der Waals surface area contributed by atoms with Gasteiger partial charge in [0.1, 0.15) is 12.7 Å². The van der Waals surface area contributed by atoms with E-state index in [2.05, 4.69) is 44.2 Å². The summed E-state index contributed by atoms with van der Waals surface area (Å²) in [6.45, 7) is 11.2. The van der Waals surface area contributed by atoms with Crippen LogP contribution in [0.1, 0.15) is 38.0 Å². The maximum Gasteiger partial charge on any atom is 0.406 e. The van der Waals surface area contributed by atoms with E-state index in [-0.39, 0.29) is 11.6 Å². The highest BCUT2D eigenvalue weighted by atomic mass is 28.4. The molecule has 2 N–H and O–H groups in total. The van der Waals surface area contributed by atoms with Crippen LogP contribution in [0.2, 0.25) is 18.1 Å². The van der Waals surface area contributed by atoms with Gasteiger partial charge in [0.2, 0.25) is 0 Å². The normalized spacial score (nSPS) is 13.1. The Bertz CT molecular complexity index is 819. The quantitative estimate of drug-likeness (QED) is 0.642. The Morgan fingerprint density at radius 1 is 1.24 bits per heavy atom. The zero-order chi connectivity index (χ0) is 21.7. The van der Waals surface area contributed by atoms with Crippen molar-refractivity contribution in [1.82, 2.24) is 10.3 Å². The Kier molecular flexibility index (Phi) is 7.57. The number of carbonyl (C=O) groups is 1. The number of benzene rings is 1. The third-order valence-electron chi connectivity index (χ3n) is 5.50. The van der Waals surface area contributed by atoms with Crippen LogP contribution in [-0.2, 0) is 15.8 Å². The summed E-state index contributed by atoms with van der Waals surface area (Å²) in [7, 11) is -0.522. The topological polar surface area (TPSA) is 80.7 Å². The number of nitrogens with one attached hydrogen (secondary N) is 1. The van der Waals surface area contributed by atoms with Crippen molar-refractivity contribution in [2.24, 2.45) is 0 Å². The molecule has 29 heavy (non-hydrogen) atoms. The van der Waals surface area contributed by atoms with Crippen LogP contribution in [0, 0.1) is 0 Å². The third-order valence-corrected chi connectivity index (χ3v) is 9.98. The van der Waals surface area contributed by atoms with Crippen molar-refractivity contribution in [1.29, 1.82) is 0 Å². The lowest BCUT2D eigenvalue weighted by Gasteiger charge is -2.36. The van der Waals surface area contributed by atoms with Crippen molar-refractivity contribution in [2.75, 3.05) is 13.7 Å². The number of hydrogen-bond donors (Lipinski definition) is 2. The number of aliphatic hydroxyl groups excluding tert-OH is 1. The van der Waals surface area contributed by atoms with Crippen LogP contribution in [0.5, 0.6) is 0 Å². The lowest BCUT2D eigenvalue weighted by molar-refractivity contribution is 0.0680. The predicted molar refractivity (Wildman–Crippen MR) is 117 cm³/mol. The molecule has 1 unspecified atom stereocenters. The molecule has 0 radical (unpaired) electrons. The second-order valence-corrected chi connectivity index (χ2v) is 13.3. The zero-order valence-corrected chi connectivity index (χ0v) is 19.2. The number of pyridine rings is 1. The highest BCUT2D eigenvalue weighted by molar-refractivity contribution is 6.74. The SMILES string of the molecule is CNC(=O)OCC(O)c1cccc(-c2cccnc2)c1CO[Si](C)(C)C(C)(C)C. The number of carbonyl (C=O) groups excluding carboxylic acids is 1. The Morgan fingerprint density at radius 3 is 2.55 bits per heavy atom. The summed E-state index contributed by atoms with van der Waals surface area (Å²) >= 11 is 0. The number of aromatic nitrogens is 1. The molecule has 1 aromatic heterocycles. The van der Waals surface area contributed by atoms with E-state index in [1.807, 2.05) is 30.3 Å². The number of hydrogen-bond acceptors (Lipinski definition) is 5. The van der Waals surface area contributed by atoms with Gasteiger partial charge < -0.3 is 19.6 Å². The van der Waals surface area contributed by atoms with Gasteiger partial charge in [-0.3, -0.25) is 4.98 Å². The first-order chi connectivity index (χ1) is 13.6. The van der Waals surface area contributed by atoms with Crippen molar-refractivity contribution >= 4 is 14.4 Å². The fourth-order valence-electron chi connectivity index (χ4n) is 2.66. The summed E-state index contributed by atoms with van der Waals surface area (Å²) in [5.74, 6) is 0. The van der Waals surface area contributed by atoms with E-state index in [1.54, 1.807) is 12.4 Å². The molecule has 0 spiro atoms. The van der Waals surface area contributed by atoms with Gasteiger partial charge in [-0.05, 0) is 40.9 Å². The summed E-state index contributed by atoms with van der Waals surface area (Å²) in [6.07, 6.45) is 1.99. The molecule has 0 aliphatic carbocycles. The molecule has 0 aliphatic heterocycles. The van der Waals surface area contributed by atoms with Gasteiger partial charge in [0.05, 0.1) is 6.61 Å². The van der Waals surface area contributed by atoms with Gasteiger partial charge in [-0.15, -0.1) is 0 Å². The van der Waals surface area contributed by atoms with Crippen molar-refractivity contribution in [3.63, 3.8) is 0 Å². The number of rotatable bonds is 7. The van der Waals surface area contributed by atoms with Crippen LogP contribution < -0.4 is 5.32 Å². The molecule has 1 amide bonds. The molecule has 158 valence electrons. The highest BCUT2D eigenvalue weighted by Crippen LogP contribution is 2.38. The third kappa shape index (κ3) is 5.88. The molecule has 1 aromatic carbocycles. The van der Waals surface area contributed by atoms with Gasteiger partial charge >= 0.3 is 6.09 Å². The predicted octanol–water partition coefficient (Wildman–Crippen LogP) is 4.66. The molecule has 2 rings (SSSR count). The Hall–Kier alpha value is -2.22. The molecule has 0 saturated heterocycles. The highest BCUT2D eigenvalue weighted by Gasteiger charge is 2.37. The van der Waals surface area contributed by atoms with E-state index >= 15 is 0 Å². The number of aliphatic hydroxyl groups is 1. The smallest absolute Gasteiger partial charge is 0.406 e. The minimum atomic E-state index is -2.00. The maximum absolute atomic E-state index is 11.4. The molecular formula is C22H32N2O4Si. The molecule has 1 atom stereocenters.